The summed E-state index contributed by atoms with van der Waals surface area (Å²) in [6.45, 7) is 2.74. The zero-order valence-corrected chi connectivity index (χ0v) is 14.4. The summed E-state index contributed by atoms with van der Waals surface area (Å²) in [5.41, 5.74) is 0.551. The van der Waals surface area contributed by atoms with Gasteiger partial charge >= 0.3 is 0 Å². The molecule has 1 atom stereocenters. The lowest BCUT2D eigenvalue weighted by Crippen LogP contribution is -2.58. The van der Waals surface area contributed by atoms with Crippen molar-refractivity contribution in [3.63, 3.8) is 0 Å². The van der Waals surface area contributed by atoms with Gasteiger partial charge in [-0.25, -0.2) is 0 Å². The topological polar surface area (TPSA) is 81.2 Å². The summed E-state index contributed by atoms with van der Waals surface area (Å²) in [6.07, 6.45) is 1.59. The number of hydrogen-bond donors (Lipinski definition) is 0. The molecule has 2 heterocycles. The number of hydrogen-bond acceptors (Lipinski definition) is 6. The van der Waals surface area contributed by atoms with E-state index in [1.54, 1.807) is 26.3 Å². The van der Waals surface area contributed by atoms with Crippen molar-refractivity contribution in [1.82, 2.24) is 14.8 Å². The number of ether oxygens (including phenoxy) is 3. The smallest absolute Gasteiger partial charge is 0.245 e. The molecule has 1 aliphatic heterocycles. The highest BCUT2D eigenvalue weighted by Gasteiger charge is 2.36. The predicted molar refractivity (Wildman–Crippen MR) is 85.8 cm³/mol. The molecule has 0 N–H and O–H groups in total. The summed E-state index contributed by atoms with van der Waals surface area (Å²) >= 11 is 0. The van der Waals surface area contributed by atoms with Crippen LogP contribution in [-0.2, 0) is 20.9 Å². The highest BCUT2D eigenvalue weighted by Crippen LogP contribution is 2.30. The Balaban J connectivity index is 2.19. The first-order chi connectivity index (χ1) is 11.5. The van der Waals surface area contributed by atoms with E-state index < -0.39 is 6.04 Å². The summed E-state index contributed by atoms with van der Waals surface area (Å²) in [5.74, 6) is 0.764. The molecule has 0 unspecified atom stereocenters. The third-order valence-corrected chi connectivity index (χ3v) is 4.03. The van der Waals surface area contributed by atoms with Crippen LogP contribution in [0, 0.1) is 0 Å². The van der Waals surface area contributed by atoms with Crippen LogP contribution in [-0.4, -0.2) is 73.7 Å². The van der Waals surface area contributed by atoms with Crippen LogP contribution < -0.4 is 9.47 Å². The zero-order valence-electron chi connectivity index (χ0n) is 14.4. The van der Waals surface area contributed by atoms with Gasteiger partial charge in [0.2, 0.25) is 11.8 Å². The average Bonchev–Trinajstić information content (AvgIpc) is 2.60. The van der Waals surface area contributed by atoms with Crippen LogP contribution in [0.25, 0.3) is 0 Å². The lowest BCUT2D eigenvalue weighted by molar-refractivity contribution is -0.156. The molecule has 0 radical (unpaired) electrons. The van der Waals surface area contributed by atoms with E-state index >= 15 is 0 Å². The second-order valence-corrected chi connectivity index (χ2v) is 5.44. The molecule has 2 amide bonds. The van der Waals surface area contributed by atoms with E-state index in [4.69, 9.17) is 14.2 Å². The van der Waals surface area contributed by atoms with Gasteiger partial charge in [0.25, 0.3) is 0 Å². The van der Waals surface area contributed by atoms with E-state index in [0.29, 0.717) is 30.3 Å². The van der Waals surface area contributed by atoms with E-state index in [2.05, 4.69) is 4.98 Å². The molecule has 8 nitrogen and oxygen atoms in total. The largest absolute Gasteiger partial charge is 0.493 e. The molecule has 1 fully saturated rings. The van der Waals surface area contributed by atoms with Gasteiger partial charge in [0.15, 0.2) is 11.5 Å². The van der Waals surface area contributed by atoms with Crippen LogP contribution >= 0.6 is 0 Å². The molecule has 1 aliphatic rings. The number of carbonyl (C=O) groups excluding carboxylic acids is 2. The van der Waals surface area contributed by atoms with Crippen LogP contribution in [0.4, 0.5) is 0 Å². The minimum Gasteiger partial charge on any atom is -0.493 e. The quantitative estimate of drug-likeness (QED) is 0.712. The minimum atomic E-state index is -0.569. The van der Waals surface area contributed by atoms with Gasteiger partial charge in [0.05, 0.1) is 33.9 Å². The van der Waals surface area contributed by atoms with Crippen molar-refractivity contribution in [2.24, 2.45) is 0 Å². The van der Waals surface area contributed by atoms with Gasteiger partial charge in [-0.2, -0.15) is 0 Å². The standard InChI is InChI=1S/C16H23N3O5/c1-11-16(21)18(7-8-22-2)10-14(20)19(11)9-12-15(24-4)13(23-3)5-6-17-12/h5-6,11H,7-10H2,1-4H3/t11-/m0/s1. The molecule has 2 rings (SSSR count). The fourth-order valence-electron chi connectivity index (χ4n) is 2.69. The summed E-state index contributed by atoms with van der Waals surface area (Å²) in [4.78, 5) is 32.2. The SMILES string of the molecule is COCCN1CC(=O)N(Cc2nccc(OC)c2OC)[C@@H](C)C1=O. The second kappa shape index (κ2) is 7.96. The van der Waals surface area contributed by atoms with Crippen molar-refractivity contribution < 1.29 is 23.8 Å². The Kier molecular flexibility index (Phi) is 5.97. The van der Waals surface area contributed by atoms with Crippen molar-refractivity contribution in [1.29, 1.82) is 0 Å². The molecular weight excluding hydrogens is 314 g/mol. The van der Waals surface area contributed by atoms with Crippen molar-refractivity contribution >= 4 is 11.8 Å². The summed E-state index contributed by atoms with van der Waals surface area (Å²) in [5, 5.41) is 0. The van der Waals surface area contributed by atoms with Gasteiger partial charge in [-0.1, -0.05) is 0 Å². The van der Waals surface area contributed by atoms with E-state index in [9.17, 15) is 9.59 Å². The molecule has 0 aromatic carbocycles. The molecule has 0 bridgehead atoms. The maximum absolute atomic E-state index is 12.5. The molecule has 24 heavy (non-hydrogen) atoms. The fourth-order valence-corrected chi connectivity index (χ4v) is 2.69. The third kappa shape index (κ3) is 3.59. The number of amides is 2. The first-order valence-corrected chi connectivity index (χ1v) is 7.66. The molecular formula is C16H23N3O5. The Morgan fingerprint density at radius 1 is 1.25 bits per heavy atom. The molecule has 0 spiro atoms. The molecule has 0 aliphatic carbocycles. The van der Waals surface area contributed by atoms with Gasteiger partial charge in [-0.15, -0.1) is 0 Å². The fraction of sp³-hybridized carbons (Fsp3) is 0.562. The Labute approximate surface area is 141 Å². The number of rotatable bonds is 7. The van der Waals surface area contributed by atoms with Gasteiger partial charge in [-0.05, 0) is 6.92 Å². The normalized spacial score (nSPS) is 18.1. The van der Waals surface area contributed by atoms with Crippen LogP contribution in [0.3, 0.4) is 0 Å². The van der Waals surface area contributed by atoms with Crippen molar-refractivity contribution in [2.75, 3.05) is 41.0 Å². The molecule has 1 aromatic rings. The van der Waals surface area contributed by atoms with E-state index in [0.717, 1.165) is 0 Å². The van der Waals surface area contributed by atoms with Crippen LogP contribution in [0.5, 0.6) is 11.5 Å². The summed E-state index contributed by atoms with van der Waals surface area (Å²) < 4.78 is 15.6. The molecule has 0 saturated carbocycles. The number of methoxy groups -OCH3 is 3. The first kappa shape index (κ1) is 18.0. The first-order valence-electron chi connectivity index (χ1n) is 7.66. The van der Waals surface area contributed by atoms with E-state index in [-0.39, 0.29) is 24.9 Å². The highest BCUT2D eigenvalue weighted by molar-refractivity contribution is 5.94. The van der Waals surface area contributed by atoms with Crippen LogP contribution in [0.2, 0.25) is 0 Å². The number of carbonyl (C=O) groups is 2. The third-order valence-electron chi connectivity index (χ3n) is 4.03. The van der Waals surface area contributed by atoms with Gasteiger partial charge in [-0.3, -0.25) is 14.6 Å². The number of aromatic nitrogens is 1. The van der Waals surface area contributed by atoms with E-state index in [1.807, 2.05) is 0 Å². The lowest BCUT2D eigenvalue weighted by Gasteiger charge is -2.38. The maximum atomic E-state index is 12.5. The Morgan fingerprint density at radius 3 is 2.62 bits per heavy atom. The molecule has 132 valence electrons. The van der Waals surface area contributed by atoms with Gasteiger partial charge in [0, 0.05) is 25.9 Å². The van der Waals surface area contributed by atoms with Gasteiger partial charge in [0.1, 0.15) is 11.7 Å². The summed E-state index contributed by atoms with van der Waals surface area (Å²) in [6, 6.07) is 1.11. The Bertz CT molecular complexity index is 607. The minimum absolute atomic E-state index is 0.0405. The highest BCUT2D eigenvalue weighted by atomic mass is 16.5. The molecule has 1 aromatic heterocycles. The van der Waals surface area contributed by atoms with Gasteiger partial charge < -0.3 is 24.0 Å². The molecule has 8 heteroatoms. The number of pyridine rings is 1. The van der Waals surface area contributed by atoms with Crippen molar-refractivity contribution in [2.45, 2.75) is 19.5 Å². The van der Waals surface area contributed by atoms with E-state index in [1.165, 1.54) is 24.0 Å². The van der Waals surface area contributed by atoms with Crippen molar-refractivity contribution in [3.05, 3.63) is 18.0 Å². The van der Waals surface area contributed by atoms with Crippen LogP contribution in [0.15, 0.2) is 12.3 Å². The Hall–Kier alpha value is -2.35. The second-order valence-electron chi connectivity index (χ2n) is 5.44. The maximum Gasteiger partial charge on any atom is 0.245 e. The van der Waals surface area contributed by atoms with Crippen molar-refractivity contribution in [3.8, 4) is 11.5 Å². The summed E-state index contributed by atoms with van der Waals surface area (Å²) in [7, 11) is 4.61. The zero-order chi connectivity index (χ0) is 17.7. The monoisotopic (exact) mass is 337 g/mol. The average molecular weight is 337 g/mol. The number of piperazine rings is 1. The Morgan fingerprint density at radius 2 is 2.00 bits per heavy atom. The predicted octanol–water partition coefficient (Wildman–Crippen LogP) is 0.305. The molecule has 1 saturated heterocycles. The number of nitrogens with zero attached hydrogens (tertiary/aromatic N) is 3. The van der Waals surface area contributed by atoms with Crippen LogP contribution in [0.1, 0.15) is 12.6 Å². The lowest BCUT2D eigenvalue weighted by atomic mass is 10.1.